The number of rotatable bonds is 4. The molecule has 4 nitrogen and oxygen atoms in total. The molecule has 1 aromatic carbocycles. The lowest BCUT2D eigenvalue weighted by Gasteiger charge is -2.12. The van der Waals surface area contributed by atoms with Crippen molar-refractivity contribution >= 4 is 11.7 Å². The number of ether oxygens (including phenoxy) is 2. The van der Waals surface area contributed by atoms with E-state index in [-0.39, 0.29) is 11.7 Å². The highest BCUT2D eigenvalue weighted by Crippen LogP contribution is 2.17. The van der Waals surface area contributed by atoms with E-state index >= 15 is 0 Å². The first-order chi connectivity index (χ1) is 8.70. The van der Waals surface area contributed by atoms with E-state index in [9.17, 15) is 9.18 Å². The number of nitrogens with one attached hydrogen (secondary N) is 1. The summed E-state index contributed by atoms with van der Waals surface area (Å²) >= 11 is 0. The number of carbonyl (C=O) groups excluding carboxylic acids is 1. The SMILES string of the molecule is COC(=O)c1cc(NCC2CCCO2)ccc1F. The molecule has 0 bridgehead atoms. The normalized spacial score (nSPS) is 18.7. The zero-order valence-electron chi connectivity index (χ0n) is 10.2. The van der Waals surface area contributed by atoms with Gasteiger partial charge in [0.1, 0.15) is 5.82 Å². The fourth-order valence-corrected chi connectivity index (χ4v) is 1.94. The average molecular weight is 253 g/mol. The van der Waals surface area contributed by atoms with Gasteiger partial charge in [-0.25, -0.2) is 9.18 Å². The van der Waals surface area contributed by atoms with E-state index in [2.05, 4.69) is 10.1 Å². The summed E-state index contributed by atoms with van der Waals surface area (Å²) < 4.78 is 23.4. The van der Waals surface area contributed by atoms with Gasteiger partial charge >= 0.3 is 5.97 Å². The fourth-order valence-electron chi connectivity index (χ4n) is 1.94. The molecule has 1 fully saturated rings. The predicted octanol–water partition coefficient (Wildman–Crippen LogP) is 2.20. The van der Waals surface area contributed by atoms with Gasteiger partial charge in [-0.3, -0.25) is 0 Å². The van der Waals surface area contributed by atoms with Crippen LogP contribution in [0.1, 0.15) is 23.2 Å². The van der Waals surface area contributed by atoms with Crippen LogP contribution in [0.5, 0.6) is 0 Å². The Morgan fingerprint density at radius 3 is 3.11 bits per heavy atom. The first-order valence-electron chi connectivity index (χ1n) is 5.94. The molecule has 0 saturated carbocycles. The van der Waals surface area contributed by atoms with Gasteiger partial charge in [0.15, 0.2) is 0 Å². The highest BCUT2D eigenvalue weighted by molar-refractivity contribution is 5.90. The Labute approximate surface area is 105 Å². The van der Waals surface area contributed by atoms with Gasteiger partial charge in [-0.15, -0.1) is 0 Å². The maximum atomic E-state index is 13.4. The Morgan fingerprint density at radius 2 is 2.44 bits per heavy atom. The van der Waals surface area contributed by atoms with Crippen LogP contribution in [0.25, 0.3) is 0 Å². The van der Waals surface area contributed by atoms with E-state index in [0.29, 0.717) is 12.2 Å². The maximum Gasteiger partial charge on any atom is 0.340 e. The maximum absolute atomic E-state index is 13.4. The van der Waals surface area contributed by atoms with Crippen molar-refractivity contribution in [1.82, 2.24) is 0 Å². The van der Waals surface area contributed by atoms with E-state index in [0.717, 1.165) is 19.4 Å². The minimum Gasteiger partial charge on any atom is -0.465 e. The number of halogens is 1. The standard InChI is InChI=1S/C13H16FNO3/c1-17-13(16)11-7-9(4-5-12(11)14)15-8-10-3-2-6-18-10/h4-5,7,10,15H,2-3,6,8H2,1H3. The molecule has 0 amide bonds. The molecule has 0 aliphatic carbocycles. The van der Waals surface area contributed by atoms with E-state index in [1.54, 1.807) is 6.07 Å². The molecule has 0 spiro atoms. The van der Waals surface area contributed by atoms with Gasteiger partial charge in [0.25, 0.3) is 0 Å². The van der Waals surface area contributed by atoms with E-state index in [1.807, 2.05) is 0 Å². The van der Waals surface area contributed by atoms with Crippen molar-refractivity contribution in [2.24, 2.45) is 0 Å². The third-order valence-corrected chi connectivity index (χ3v) is 2.93. The topological polar surface area (TPSA) is 47.6 Å². The van der Waals surface area contributed by atoms with Crippen LogP contribution in [-0.2, 0) is 9.47 Å². The van der Waals surface area contributed by atoms with Crippen LogP contribution in [0.2, 0.25) is 0 Å². The second-order valence-electron chi connectivity index (χ2n) is 4.20. The second kappa shape index (κ2) is 5.82. The number of anilines is 1. The predicted molar refractivity (Wildman–Crippen MR) is 65.2 cm³/mol. The monoisotopic (exact) mass is 253 g/mol. The Balaban J connectivity index is 2.02. The number of methoxy groups -OCH3 is 1. The lowest BCUT2D eigenvalue weighted by atomic mass is 10.1. The largest absolute Gasteiger partial charge is 0.465 e. The molecule has 5 heteroatoms. The summed E-state index contributed by atoms with van der Waals surface area (Å²) in [7, 11) is 1.23. The minimum absolute atomic E-state index is 0.0603. The van der Waals surface area contributed by atoms with Crippen LogP contribution in [0.4, 0.5) is 10.1 Å². The van der Waals surface area contributed by atoms with Gasteiger partial charge in [0.05, 0.1) is 18.8 Å². The van der Waals surface area contributed by atoms with Crippen molar-refractivity contribution in [2.45, 2.75) is 18.9 Å². The minimum atomic E-state index is -0.673. The molecular weight excluding hydrogens is 237 g/mol. The summed E-state index contributed by atoms with van der Waals surface area (Å²) in [6, 6.07) is 4.30. The van der Waals surface area contributed by atoms with E-state index in [1.165, 1.54) is 19.2 Å². The molecule has 1 aromatic rings. The summed E-state index contributed by atoms with van der Waals surface area (Å²) in [5.74, 6) is -1.25. The second-order valence-corrected chi connectivity index (χ2v) is 4.20. The first kappa shape index (κ1) is 12.8. The Kier molecular flexibility index (Phi) is 4.15. The van der Waals surface area contributed by atoms with Gasteiger partial charge in [-0.1, -0.05) is 0 Å². The third kappa shape index (κ3) is 2.98. The lowest BCUT2D eigenvalue weighted by molar-refractivity contribution is 0.0595. The van der Waals surface area contributed by atoms with Crippen LogP contribution in [0.15, 0.2) is 18.2 Å². The summed E-state index contributed by atoms with van der Waals surface area (Å²) in [5.41, 5.74) is 0.627. The first-order valence-corrected chi connectivity index (χ1v) is 5.94. The summed E-state index contributed by atoms with van der Waals surface area (Å²) in [6.07, 6.45) is 2.29. The molecule has 1 N–H and O–H groups in total. The zero-order chi connectivity index (χ0) is 13.0. The molecule has 0 aromatic heterocycles. The molecule has 1 atom stereocenters. The summed E-state index contributed by atoms with van der Waals surface area (Å²) in [6.45, 7) is 1.45. The average Bonchev–Trinajstić information content (AvgIpc) is 2.90. The molecule has 18 heavy (non-hydrogen) atoms. The molecule has 1 aliphatic rings. The molecule has 0 radical (unpaired) electrons. The smallest absolute Gasteiger partial charge is 0.340 e. The number of hydrogen-bond donors (Lipinski definition) is 1. The lowest BCUT2D eigenvalue weighted by Crippen LogP contribution is -2.18. The van der Waals surface area contributed by atoms with Crippen LogP contribution in [0.3, 0.4) is 0 Å². The van der Waals surface area contributed by atoms with Crippen LogP contribution in [-0.4, -0.2) is 32.3 Å². The van der Waals surface area contributed by atoms with Crippen LogP contribution >= 0.6 is 0 Å². The Bertz CT molecular complexity index is 430. The van der Waals surface area contributed by atoms with Crippen molar-refractivity contribution in [1.29, 1.82) is 0 Å². The van der Waals surface area contributed by atoms with E-state index in [4.69, 9.17) is 4.74 Å². The molecule has 1 aliphatic heterocycles. The third-order valence-electron chi connectivity index (χ3n) is 2.93. The number of hydrogen-bond acceptors (Lipinski definition) is 4. The molecular formula is C13H16FNO3. The van der Waals surface area contributed by atoms with Gasteiger partial charge in [-0.2, -0.15) is 0 Å². The van der Waals surface area contributed by atoms with Crippen molar-refractivity contribution < 1.29 is 18.7 Å². The summed E-state index contributed by atoms with van der Waals surface area (Å²) in [4.78, 5) is 11.3. The van der Waals surface area contributed by atoms with Crippen molar-refractivity contribution in [2.75, 3.05) is 25.6 Å². The molecule has 98 valence electrons. The number of benzene rings is 1. The molecule has 1 heterocycles. The van der Waals surface area contributed by atoms with Gasteiger partial charge in [0.2, 0.25) is 0 Å². The highest BCUT2D eigenvalue weighted by Gasteiger charge is 2.16. The fraction of sp³-hybridized carbons (Fsp3) is 0.462. The molecule has 1 saturated heterocycles. The van der Waals surface area contributed by atoms with Crippen LogP contribution < -0.4 is 5.32 Å². The van der Waals surface area contributed by atoms with Gasteiger partial charge in [0, 0.05) is 18.8 Å². The number of esters is 1. The quantitative estimate of drug-likeness (QED) is 0.836. The summed E-state index contributed by atoms with van der Waals surface area (Å²) in [5, 5.41) is 3.13. The molecule has 2 rings (SSSR count). The zero-order valence-corrected chi connectivity index (χ0v) is 10.2. The van der Waals surface area contributed by atoms with Crippen LogP contribution in [0, 0.1) is 5.82 Å². The highest BCUT2D eigenvalue weighted by atomic mass is 19.1. The van der Waals surface area contributed by atoms with Gasteiger partial charge in [-0.05, 0) is 31.0 Å². The van der Waals surface area contributed by atoms with Crippen molar-refractivity contribution in [3.8, 4) is 0 Å². The number of carbonyl (C=O) groups is 1. The Morgan fingerprint density at radius 1 is 1.61 bits per heavy atom. The van der Waals surface area contributed by atoms with Gasteiger partial charge < -0.3 is 14.8 Å². The Hall–Kier alpha value is -1.62. The van der Waals surface area contributed by atoms with E-state index < -0.39 is 11.8 Å². The van der Waals surface area contributed by atoms with Crippen molar-refractivity contribution in [3.05, 3.63) is 29.6 Å². The molecule has 1 unspecified atom stereocenters. The van der Waals surface area contributed by atoms with Crippen molar-refractivity contribution in [3.63, 3.8) is 0 Å².